The monoisotopic (exact) mass is 146 g/mol. The van der Waals surface area contributed by atoms with Gasteiger partial charge in [-0.15, -0.1) is 0 Å². The van der Waals surface area contributed by atoms with Crippen molar-refractivity contribution < 1.29 is 10.2 Å². The minimum atomic E-state index is 0.190. The Balaban J connectivity index is 3.56. The second-order valence-corrected chi connectivity index (χ2v) is 2.84. The van der Waals surface area contributed by atoms with E-state index < -0.39 is 0 Å². The molecule has 62 valence electrons. The SMILES string of the molecule is CCC(C)C(CO)CCO. The van der Waals surface area contributed by atoms with Crippen LogP contribution in [0.1, 0.15) is 26.7 Å². The highest BCUT2D eigenvalue weighted by atomic mass is 16.3. The van der Waals surface area contributed by atoms with Crippen LogP contribution in [0.25, 0.3) is 0 Å². The molecule has 2 heteroatoms. The largest absolute Gasteiger partial charge is 0.396 e. The fourth-order valence-corrected chi connectivity index (χ4v) is 1.05. The standard InChI is InChI=1S/C8H18O2/c1-3-7(2)8(6-10)4-5-9/h7-10H,3-6H2,1-2H3. The van der Waals surface area contributed by atoms with E-state index in [0.29, 0.717) is 5.92 Å². The van der Waals surface area contributed by atoms with Crippen LogP contribution in [0.15, 0.2) is 0 Å². The highest BCUT2D eigenvalue weighted by Gasteiger charge is 2.13. The van der Waals surface area contributed by atoms with E-state index >= 15 is 0 Å². The van der Waals surface area contributed by atoms with Crippen molar-refractivity contribution in [2.24, 2.45) is 11.8 Å². The molecule has 0 aromatic rings. The molecule has 2 unspecified atom stereocenters. The Hall–Kier alpha value is -0.0800. The summed E-state index contributed by atoms with van der Waals surface area (Å²) in [7, 11) is 0. The van der Waals surface area contributed by atoms with E-state index in [1.165, 1.54) is 0 Å². The molecule has 0 aliphatic rings. The maximum absolute atomic E-state index is 8.85. The lowest BCUT2D eigenvalue weighted by Crippen LogP contribution is -2.16. The first-order valence-electron chi connectivity index (χ1n) is 3.97. The van der Waals surface area contributed by atoms with Gasteiger partial charge in [-0.2, -0.15) is 0 Å². The maximum atomic E-state index is 8.85. The summed E-state index contributed by atoms with van der Waals surface area (Å²) < 4.78 is 0. The molecule has 0 saturated heterocycles. The average molecular weight is 146 g/mol. The summed E-state index contributed by atoms with van der Waals surface area (Å²) in [5.41, 5.74) is 0. The van der Waals surface area contributed by atoms with Crippen molar-refractivity contribution in [2.45, 2.75) is 26.7 Å². The Bertz CT molecular complexity index is 73.7. The first-order chi connectivity index (χ1) is 4.76. The molecule has 0 amide bonds. The molecular weight excluding hydrogens is 128 g/mol. The van der Waals surface area contributed by atoms with Gasteiger partial charge in [0.05, 0.1) is 0 Å². The van der Waals surface area contributed by atoms with Gasteiger partial charge >= 0.3 is 0 Å². The van der Waals surface area contributed by atoms with Crippen LogP contribution in [0.4, 0.5) is 0 Å². The molecule has 0 aliphatic carbocycles. The Labute approximate surface area is 62.9 Å². The molecule has 0 aromatic carbocycles. The van der Waals surface area contributed by atoms with Crippen molar-refractivity contribution in [3.05, 3.63) is 0 Å². The van der Waals surface area contributed by atoms with E-state index in [1.54, 1.807) is 0 Å². The predicted molar refractivity (Wildman–Crippen MR) is 41.7 cm³/mol. The number of hydrogen-bond donors (Lipinski definition) is 2. The third-order valence-corrected chi connectivity index (χ3v) is 2.18. The lowest BCUT2D eigenvalue weighted by Gasteiger charge is -2.18. The van der Waals surface area contributed by atoms with Crippen molar-refractivity contribution in [2.75, 3.05) is 13.2 Å². The second-order valence-electron chi connectivity index (χ2n) is 2.84. The molecule has 0 heterocycles. The predicted octanol–water partition coefficient (Wildman–Crippen LogP) is 1.02. The van der Waals surface area contributed by atoms with Gasteiger partial charge in [0.25, 0.3) is 0 Å². The molecule has 2 nitrogen and oxygen atoms in total. The highest BCUT2D eigenvalue weighted by molar-refractivity contribution is 4.63. The number of hydrogen-bond acceptors (Lipinski definition) is 2. The molecular formula is C8H18O2. The van der Waals surface area contributed by atoms with Gasteiger partial charge in [0, 0.05) is 13.2 Å². The molecule has 0 aromatic heterocycles. The van der Waals surface area contributed by atoms with Crippen LogP contribution >= 0.6 is 0 Å². The summed E-state index contributed by atoms with van der Waals surface area (Å²) >= 11 is 0. The first-order valence-corrected chi connectivity index (χ1v) is 3.97. The van der Waals surface area contributed by atoms with Gasteiger partial charge < -0.3 is 10.2 Å². The van der Waals surface area contributed by atoms with Gasteiger partial charge in [-0.1, -0.05) is 20.3 Å². The summed E-state index contributed by atoms with van der Waals surface area (Å²) in [6.07, 6.45) is 1.80. The zero-order valence-corrected chi connectivity index (χ0v) is 6.88. The van der Waals surface area contributed by atoms with Gasteiger partial charge in [0.2, 0.25) is 0 Å². The Kier molecular flexibility index (Phi) is 5.64. The molecule has 0 bridgehead atoms. The van der Waals surface area contributed by atoms with Crippen LogP contribution in [0.3, 0.4) is 0 Å². The Morgan fingerprint density at radius 3 is 2.20 bits per heavy atom. The topological polar surface area (TPSA) is 40.5 Å². The Morgan fingerprint density at radius 1 is 1.30 bits per heavy atom. The summed E-state index contributed by atoms with van der Waals surface area (Å²) in [6, 6.07) is 0. The molecule has 2 atom stereocenters. The maximum Gasteiger partial charge on any atom is 0.0462 e. The summed E-state index contributed by atoms with van der Waals surface area (Å²) in [6.45, 7) is 4.60. The first kappa shape index (κ1) is 9.92. The fourth-order valence-electron chi connectivity index (χ4n) is 1.05. The van der Waals surface area contributed by atoms with Crippen molar-refractivity contribution in [3.63, 3.8) is 0 Å². The van der Waals surface area contributed by atoms with Crippen LogP contribution in [-0.4, -0.2) is 23.4 Å². The van der Waals surface area contributed by atoms with Crippen molar-refractivity contribution in [1.29, 1.82) is 0 Å². The van der Waals surface area contributed by atoms with E-state index in [1.807, 2.05) is 0 Å². The molecule has 0 radical (unpaired) electrons. The van der Waals surface area contributed by atoms with Crippen molar-refractivity contribution in [3.8, 4) is 0 Å². The lowest BCUT2D eigenvalue weighted by atomic mass is 9.90. The van der Waals surface area contributed by atoms with E-state index in [2.05, 4.69) is 13.8 Å². The summed E-state index contributed by atoms with van der Waals surface area (Å²) in [5, 5.41) is 17.4. The van der Waals surface area contributed by atoms with Crippen LogP contribution < -0.4 is 0 Å². The van der Waals surface area contributed by atoms with Gasteiger partial charge in [0.15, 0.2) is 0 Å². The minimum Gasteiger partial charge on any atom is -0.396 e. The van der Waals surface area contributed by atoms with Crippen molar-refractivity contribution >= 4 is 0 Å². The highest BCUT2D eigenvalue weighted by Crippen LogP contribution is 2.17. The molecule has 0 fully saturated rings. The number of aliphatic hydroxyl groups excluding tert-OH is 2. The fraction of sp³-hybridized carbons (Fsp3) is 1.00. The normalized spacial score (nSPS) is 16.8. The summed E-state index contributed by atoms with van der Waals surface area (Å²) in [5.74, 6) is 0.812. The smallest absolute Gasteiger partial charge is 0.0462 e. The van der Waals surface area contributed by atoms with E-state index in [0.717, 1.165) is 12.8 Å². The average Bonchev–Trinajstić information content (AvgIpc) is 1.99. The van der Waals surface area contributed by atoms with E-state index in [9.17, 15) is 0 Å². The minimum absolute atomic E-state index is 0.190. The molecule has 2 N–H and O–H groups in total. The lowest BCUT2D eigenvalue weighted by molar-refractivity contribution is 0.144. The zero-order chi connectivity index (χ0) is 7.98. The quantitative estimate of drug-likeness (QED) is 0.608. The number of rotatable bonds is 5. The molecule has 0 saturated carbocycles. The summed E-state index contributed by atoms with van der Waals surface area (Å²) in [4.78, 5) is 0. The van der Waals surface area contributed by atoms with E-state index in [-0.39, 0.29) is 19.1 Å². The van der Waals surface area contributed by atoms with Gasteiger partial charge in [-0.25, -0.2) is 0 Å². The third-order valence-electron chi connectivity index (χ3n) is 2.18. The molecule has 0 rings (SSSR count). The van der Waals surface area contributed by atoms with Gasteiger partial charge in [-0.3, -0.25) is 0 Å². The molecule has 0 spiro atoms. The van der Waals surface area contributed by atoms with Crippen molar-refractivity contribution in [1.82, 2.24) is 0 Å². The molecule has 0 aliphatic heterocycles. The van der Waals surface area contributed by atoms with Crippen LogP contribution in [0.2, 0.25) is 0 Å². The van der Waals surface area contributed by atoms with Gasteiger partial charge in [-0.05, 0) is 18.3 Å². The third kappa shape index (κ3) is 3.18. The second kappa shape index (κ2) is 5.69. The van der Waals surface area contributed by atoms with Crippen LogP contribution in [0, 0.1) is 11.8 Å². The van der Waals surface area contributed by atoms with Crippen LogP contribution in [0.5, 0.6) is 0 Å². The number of aliphatic hydroxyl groups is 2. The van der Waals surface area contributed by atoms with Crippen LogP contribution in [-0.2, 0) is 0 Å². The molecule has 10 heavy (non-hydrogen) atoms. The Morgan fingerprint density at radius 2 is 1.90 bits per heavy atom. The van der Waals surface area contributed by atoms with E-state index in [4.69, 9.17) is 10.2 Å². The zero-order valence-electron chi connectivity index (χ0n) is 6.88. The van der Waals surface area contributed by atoms with Gasteiger partial charge in [0.1, 0.15) is 0 Å².